The van der Waals surface area contributed by atoms with Gasteiger partial charge in [0.2, 0.25) is 0 Å². The van der Waals surface area contributed by atoms with E-state index in [0.29, 0.717) is 6.42 Å². The van der Waals surface area contributed by atoms with Crippen molar-refractivity contribution in [3.05, 3.63) is 0 Å². The summed E-state index contributed by atoms with van der Waals surface area (Å²) < 4.78 is 0. The van der Waals surface area contributed by atoms with Crippen molar-refractivity contribution >= 4 is 12.0 Å². The lowest BCUT2D eigenvalue weighted by atomic mass is 10.2. The molecule has 0 aromatic carbocycles. The van der Waals surface area contributed by atoms with E-state index >= 15 is 0 Å². The van der Waals surface area contributed by atoms with Crippen molar-refractivity contribution in [2.75, 3.05) is 19.7 Å². The predicted octanol–water partition coefficient (Wildman–Crippen LogP) is 1.53. The quantitative estimate of drug-likeness (QED) is 0.743. The van der Waals surface area contributed by atoms with Crippen molar-refractivity contribution in [3.63, 3.8) is 0 Å². The Bertz CT molecular complexity index is 329. The Morgan fingerprint density at radius 2 is 1.90 bits per heavy atom. The lowest BCUT2D eigenvalue weighted by Crippen LogP contribution is -2.52. The number of urea groups is 1. The van der Waals surface area contributed by atoms with E-state index in [1.807, 2.05) is 13.8 Å². The molecular formula is C14H26N2O4. The first-order valence-corrected chi connectivity index (χ1v) is 7.41. The van der Waals surface area contributed by atoms with Crippen molar-refractivity contribution in [2.24, 2.45) is 0 Å². The second-order valence-corrected chi connectivity index (χ2v) is 5.42. The van der Waals surface area contributed by atoms with Crippen LogP contribution in [0, 0.1) is 0 Å². The summed E-state index contributed by atoms with van der Waals surface area (Å²) in [4.78, 5) is 26.7. The lowest BCUT2D eigenvalue weighted by molar-refractivity contribution is -0.138. The van der Waals surface area contributed by atoms with Gasteiger partial charge in [-0.15, -0.1) is 0 Å². The fourth-order valence-electron chi connectivity index (χ4n) is 2.70. The zero-order chi connectivity index (χ0) is 15.1. The van der Waals surface area contributed by atoms with E-state index in [-0.39, 0.29) is 37.8 Å². The monoisotopic (exact) mass is 286 g/mol. The molecule has 1 atom stereocenters. The third-order valence-electron chi connectivity index (χ3n) is 4.03. The van der Waals surface area contributed by atoms with Crippen LogP contribution in [0.4, 0.5) is 4.79 Å². The zero-order valence-corrected chi connectivity index (χ0v) is 12.4. The van der Waals surface area contributed by atoms with Gasteiger partial charge in [-0.25, -0.2) is 4.79 Å². The van der Waals surface area contributed by atoms with Gasteiger partial charge in [-0.05, 0) is 26.2 Å². The second kappa shape index (κ2) is 8.09. The van der Waals surface area contributed by atoms with Crippen LogP contribution in [0.1, 0.15) is 46.0 Å². The lowest BCUT2D eigenvalue weighted by Gasteiger charge is -2.36. The summed E-state index contributed by atoms with van der Waals surface area (Å²) in [5.74, 6) is -1.01. The SMILES string of the molecule is CCC(C)N(CC(=O)O)C(=O)N(CCO)C1CCCC1. The van der Waals surface area contributed by atoms with Crippen molar-refractivity contribution in [1.29, 1.82) is 0 Å². The van der Waals surface area contributed by atoms with Crippen LogP contribution in [-0.4, -0.2) is 63.8 Å². The highest BCUT2D eigenvalue weighted by atomic mass is 16.4. The molecule has 6 nitrogen and oxygen atoms in total. The molecule has 1 saturated carbocycles. The Kier molecular flexibility index (Phi) is 6.78. The molecule has 1 rings (SSSR count). The maximum Gasteiger partial charge on any atom is 0.323 e. The molecule has 0 aliphatic heterocycles. The Hall–Kier alpha value is -1.30. The van der Waals surface area contributed by atoms with E-state index in [4.69, 9.17) is 5.11 Å². The maximum atomic E-state index is 12.6. The van der Waals surface area contributed by atoms with Crippen molar-refractivity contribution in [1.82, 2.24) is 9.80 Å². The number of hydrogen-bond donors (Lipinski definition) is 2. The van der Waals surface area contributed by atoms with Crippen LogP contribution in [0.25, 0.3) is 0 Å². The highest BCUT2D eigenvalue weighted by molar-refractivity contribution is 5.80. The molecule has 1 aliphatic carbocycles. The number of amides is 2. The number of carbonyl (C=O) groups is 2. The van der Waals surface area contributed by atoms with Crippen LogP contribution in [0.2, 0.25) is 0 Å². The van der Waals surface area contributed by atoms with E-state index in [2.05, 4.69) is 0 Å². The molecule has 1 aliphatic rings. The van der Waals surface area contributed by atoms with E-state index in [0.717, 1.165) is 25.7 Å². The number of aliphatic hydroxyl groups excluding tert-OH is 1. The van der Waals surface area contributed by atoms with Gasteiger partial charge in [0.25, 0.3) is 0 Å². The van der Waals surface area contributed by atoms with Crippen molar-refractivity contribution in [3.8, 4) is 0 Å². The van der Waals surface area contributed by atoms with Crippen LogP contribution in [0.5, 0.6) is 0 Å². The van der Waals surface area contributed by atoms with Gasteiger partial charge in [0.15, 0.2) is 0 Å². The fourth-order valence-corrected chi connectivity index (χ4v) is 2.70. The number of aliphatic carboxylic acids is 1. The molecule has 2 N–H and O–H groups in total. The van der Waals surface area contributed by atoms with Crippen LogP contribution < -0.4 is 0 Å². The van der Waals surface area contributed by atoms with E-state index in [1.54, 1.807) is 4.90 Å². The van der Waals surface area contributed by atoms with Crippen molar-refractivity contribution < 1.29 is 19.8 Å². The summed E-state index contributed by atoms with van der Waals surface area (Å²) in [5.41, 5.74) is 0. The largest absolute Gasteiger partial charge is 0.480 e. The highest BCUT2D eigenvalue weighted by Crippen LogP contribution is 2.24. The first kappa shape index (κ1) is 16.8. The molecule has 1 unspecified atom stereocenters. The molecule has 0 radical (unpaired) electrons. The third-order valence-corrected chi connectivity index (χ3v) is 4.03. The maximum absolute atomic E-state index is 12.6. The standard InChI is InChI=1S/C14H26N2O4/c1-3-11(2)16(10-13(18)19)14(20)15(8-9-17)12-6-4-5-7-12/h11-12,17H,3-10H2,1-2H3,(H,18,19). The van der Waals surface area contributed by atoms with Gasteiger partial charge in [0, 0.05) is 18.6 Å². The highest BCUT2D eigenvalue weighted by Gasteiger charge is 2.32. The average molecular weight is 286 g/mol. The topological polar surface area (TPSA) is 81.1 Å². The van der Waals surface area contributed by atoms with Gasteiger partial charge >= 0.3 is 12.0 Å². The number of nitrogens with zero attached hydrogens (tertiary/aromatic N) is 2. The minimum atomic E-state index is -1.01. The number of hydrogen-bond acceptors (Lipinski definition) is 3. The first-order valence-electron chi connectivity index (χ1n) is 7.41. The summed E-state index contributed by atoms with van der Waals surface area (Å²) in [6.07, 6.45) is 4.75. The summed E-state index contributed by atoms with van der Waals surface area (Å²) >= 11 is 0. The van der Waals surface area contributed by atoms with Crippen LogP contribution in [0.15, 0.2) is 0 Å². The van der Waals surface area contributed by atoms with Crippen molar-refractivity contribution in [2.45, 2.75) is 58.0 Å². The number of carbonyl (C=O) groups excluding carboxylic acids is 1. The number of aliphatic hydroxyl groups is 1. The van der Waals surface area contributed by atoms with E-state index in [9.17, 15) is 14.7 Å². The summed E-state index contributed by atoms with van der Waals surface area (Å²) in [6, 6.07) is -0.251. The second-order valence-electron chi connectivity index (χ2n) is 5.42. The molecule has 6 heteroatoms. The van der Waals surface area contributed by atoms with Gasteiger partial charge in [-0.1, -0.05) is 19.8 Å². The predicted molar refractivity (Wildman–Crippen MR) is 75.5 cm³/mol. The van der Waals surface area contributed by atoms with Gasteiger partial charge < -0.3 is 20.0 Å². The molecule has 20 heavy (non-hydrogen) atoms. The van der Waals surface area contributed by atoms with Gasteiger partial charge in [-0.3, -0.25) is 4.79 Å². The Balaban J connectivity index is 2.83. The normalized spacial score (nSPS) is 16.9. The fraction of sp³-hybridized carbons (Fsp3) is 0.857. The van der Waals surface area contributed by atoms with Crippen LogP contribution >= 0.6 is 0 Å². The molecule has 0 heterocycles. The molecule has 0 aromatic rings. The molecule has 0 bridgehead atoms. The Morgan fingerprint density at radius 1 is 1.30 bits per heavy atom. The van der Waals surface area contributed by atoms with E-state index in [1.165, 1.54) is 4.90 Å². The summed E-state index contributed by atoms with van der Waals surface area (Å²) in [7, 11) is 0. The molecule has 1 fully saturated rings. The third kappa shape index (κ3) is 4.37. The first-order chi connectivity index (χ1) is 9.51. The average Bonchev–Trinajstić information content (AvgIpc) is 2.94. The van der Waals surface area contributed by atoms with Gasteiger partial charge in [0.1, 0.15) is 6.54 Å². The zero-order valence-electron chi connectivity index (χ0n) is 12.4. The smallest absolute Gasteiger partial charge is 0.323 e. The minimum absolute atomic E-state index is 0.0936. The van der Waals surface area contributed by atoms with Crippen LogP contribution in [-0.2, 0) is 4.79 Å². The summed E-state index contributed by atoms with van der Waals surface area (Å²) in [5, 5.41) is 18.2. The molecule has 0 spiro atoms. The minimum Gasteiger partial charge on any atom is -0.480 e. The number of rotatable bonds is 7. The summed E-state index contributed by atoms with van der Waals surface area (Å²) in [6.45, 7) is 3.67. The molecule has 2 amide bonds. The van der Waals surface area contributed by atoms with Gasteiger partial charge in [0.05, 0.1) is 6.61 Å². The number of carboxylic acids is 1. The Labute approximate surface area is 120 Å². The molecule has 116 valence electrons. The van der Waals surface area contributed by atoms with E-state index < -0.39 is 5.97 Å². The van der Waals surface area contributed by atoms with Gasteiger partial charge in [-0.2, -0.15) is 0 Å². The Morgan fingerprint density at radius 3 is 2.35 bits per heavy atom. The van der Waals surface area contributed by atoms with Crippen LogP contribution in [0.3, 0.4) is 0 Å². The molecular weight excluding hydrogens is 260 g/mol. The molecule has 0 saturated heterocycles. The molecule has 0 aromatic heterocycles. The number of carboxylic acid groups (broad SMARTS) is 1.